The molecule has 0 heterocycles. The Bertz CT molecular complexity index is 645. The quantitative estimate of drug-likeness (QED) is 0.651. The van der Waals surface area contributed by atoms with Crippen molar-refractivity contribution in [3.63, 3.8) is 0 Å². The lowest BCUT2D eigenvalue weighted by Crippen LogP contribution is -1.98. The minimum absolute atomic E-state index is 0.648. The molecule has 2 rings (SSSR count). The second-order valence-corrected chi connectivity index (χ2v) is 4.72. The van der Waals surface area contributed by atoms with E-state index in [1.807, 2.05) is 30.3 Å². The average molecular weight is 284 g/mol. The molecule has 0 radical (unpaired) electrons. The molecule has 2 aromatic carbocycles. The Kier molecular flexibility index (Phi) is 6.34. The number of benzene rings is 2. The molecule has 0 unspecified atom stereocenters. The molecule has 0 aliphatic heterocycles. The Balaban J connectivity index is 0.000000677. The van der Waals surface area contributed by atoms with Gasteiger partial charge >= 0.3 is 0 Å². The minimum atomic E-state index is 0.648. The van der Waals surface area contributed by atoms with E-state index in [1.165, 1.54) is 6.42 Å². The number of nitrogen functional groups attached to an aromatic ring is 1. The SMILES string of the molecule is C=C/C=C(\N)c1cc(N)c2cc(OC)ccc2c1.CCC. The summed E-state index contributed by atoms with van der Waals surface area (Å²) in [5.41, 5.74) is 14.2. The molecule has 0 aliphatic carbocycles. The normalized spacial score (nSPS) is 10.7. The molecule has 3 heteroatoms. The van der Waals surface area contributed by atoms with Crippen LogP contribution < -0.4 is 16.2 Å². The third kappa shape index (κ3) is 4.28. The smallest absolute Gasteiger partial charge is 0.119 e. The molecule has 112 valence electrons. The summed E-state index contributed by atoms with van der Waals surface area (Å²) >= 11 is 0. The molecule has 0 atom stereocenters. The van der Waals surface area contributed by atoms with Crippen molar-refractivity contribution in [3.8, 4) is 5.75 Å². The highest BCUT2D eigenvalue weighted by Crippen LogP contribution is 2.28. The minimum Gasteiger partial charge on any atom is -0.497 e. The van der Waals surface area contributed by atoms with Crippen LogP contribution in [0.1, 0.15) is 25.8 Å². The maximum absolute atomic E-state index is 6.05. The van der Waals surface area contributed by atoms with Gasteiger partial charge in [0, 0.05) is 22.3 Å². The number of anilines is 1. The van der Waals surface area contributed by atoms with Gasteiger partial charge in [0.2, 0.25) is 0 Å². The average Bonchev–Trinajstić information content (AvgIpc) is 2.48. The van der Waals surface area contributed by atoms with E-state index < -0.39 is 0 Å². The summed E-state index contributed by atoms with van der Waals surface area (Å²) in [5.74, 6) is 0.788. The Labute approximate surface area is 126 Å². The molecule has 0 spiro atoms. The Hall–Kier alpha value is -2.42. The third-order valence-electron chi connectivity index (χ3n) is 2.82. The fourth-order valence-electron chi connectivity index (χ4n) is 1.88. The zero-order valence-electron chi connectivity index (χ0n) is 13.0. The summed E-state index contributed by atoms with van der Waals surface area (Å²) in [7, 11) is 1.64. The number of fused-ring (bicyclic) bond motifs is 1. The lowest BCUT2D eigenvalue weighted by Gasteiger charge is -2.09. The maximum atomic E-state index is 6.05. The van der Waals surface area contributed by atoms with Crippen LogP contribution in [0.5, 0.6) is 5.75 Å². The van der Waals surface area contributed by atoms with Gasteiger partial charge in [0.05, 0.1) is 7.11 Å². The van der Waals surface area contributed by atoms with Crippen molar-refractivity contribution < 1.29 is 4.74 Å². The van der Waals surface area contributed by atoms with Crippen LogP contribution in [-0.2, 0) is 0 Å². The van der Waals surface area contributed by atoms with Crippen molar-refractivity contribution in [1.29, 1.82) is 0 Å². The Morgan fingerprint density at radius 3 is 2.48 bits per heavy atom. The van der Waals surface area contributed by atoms with Gasteiger partial charge in [0.15, 0.2) is 0 Å². The number of hydrogen-bond acceptors (Lipinski definition) is 3. The van der Waals surface area contributed by atoms with Gasteiger partial charge in [-0.15, -0.1) is 0 Å². The zero-order valence-corrected chi connectivity index (χ0v) is 13.0. The van der Waals surface area contributed by atoms with Gasteiger partial charge in [0.1, 0.15) is 5.75 Å². The molecule has 0 bridgehead atoms. The number of nitrogens with two attached hydrogens (primary N) is 2. The summed E-state index contributed by atoms with van der Waals surface area (Å²) in [6.07, 6.45) is 4.66. The van der Waals surface area contributed by atoms with Gasteiger partial charge in [-0.1, -0.05) is 39.0 Å². The van der Waals surface area contributed by atoms with Gasteiger partial charge in [-0.2, -0.15) is 0 Å². The molecule has 3 nitrogen and oxygen atoms in total. The topological polar surface area (TPSA) is 61.3 Å². The monoisotopic (exact) mass is 284 g/mol. The summed E-state index contributed by atoms with van der Waals surface area (Å²) in [4.78, 5) is 0. The van der Waals surface area contributed by atoms with Crippen LogP contribution in [0, 0.1) is 0 Å². The van der Waals surface area contributed by atoms with E-state index in [-0.39, 0.29) is 0 Å². The lowest BCUT2D eigenvalue weighted by molar-refractivity contribution is 0.415. The molecule has 0 aliphatic rings. The number of ether oxygens (including phenoxy) is 1. The molecule has 21 heavy (non-hydrogen) atoms. The lowest BCUT2D eigenvalue weighted by atomic mass is 10.0. The van der Waals surface area contributed by atoms with E-state index >= 15 is 0 Å². The fraction of sp³-hybridized carbons (Fsp3) is 0.222. The van der Waals surface area contributed by atoms with Crippen LogP contribution in [0.4, 0.5) is 5.69 Å². The maximum Gasteiger partial charge on any atom is 0.119 e. The van der Waals surface area contributed by atoms with Crippen molar-refractivity contribution in [2.45, 2.75) is 20.3 Å². The second-order valence-electron chi connectivity index (χ2n) is 4.72. The van der Waals surface area contributed by atoms with Gasteiger partial charge in [-0.05, 0) is 35.7 Å². The predicted molar refractivity (Wildman–Crippen MR) is 93.2 cm³/mol. The molecule has 2 aromatic rings. The van der Waals surface area contributed by atoms with E-state index in [1.54, 1.807) is 19.3 Å². The third-order valence-corrected chi connectivity index (χ3v) is 2.82. The summed E-state index contributed by atoms with van der Waals surface area (Å²) in [5, 5.41) is 2.00. The fourth-order valence-corrected chi connectivity index (χ4v) is 1.88. The van der Waals surface area contributed by atoms with Gasteiger partial charge in [-0.3, -0.25) is 0 Å². The summed E-state index contributed by atoms with van der Waals surface area (Å²) < 4.78 is 5.19. The standard InChI is InChI=1S/C15H16N2O.C3H8/c1-3-4-14(16)11-7-10-5-6-12(18-2)9-13(10)15(17)8-11;1-3-2/h3-9H,1,16-17H2,2H3;3H2,1-2H3/b14-4-;. The first-order valence-corrected chi connectivity index (χ1v) is 7.03. The number of methoxy groups -OCH3 is 1. The van der Waals surface area contributed by atoms with E-state index in [2.05, 4.69) is 20.4 Å². The molecule has 4 N–H and O–H groups in total. The predicted octanol–water partition coefficient (Wildman–Crippen LogP) is 4.33. The van der Waals surface area contributed by atoms with Gasteiger partial charge < -0.3 is 16.2 Å². The molecule has 0 saturated heterocycles. The van der Waals surface area contributed by atoms with Gasteiger partial charge in [-0.25, -0.2) is 0 Å². The summed E-state index contributed by atoms with van der Waals surface area (Å²) in [6.45, 7) is 7.88. The molecule has 0 aromatic heterocycles. The Morgan fingerprint density at radius 1 is 1.24 bits per heavy atom. The van der Waals surface area contributed by atoms with E-state index in [0.29, 0.717) is 11.4 Å². The van der Waals surface area contributed by atoms with Crippen molar-refractivity contribution >= 4 is 22.2 Å². The molecular weight excluding hydrogens is 260 g/mol. The van der Waals surface area contributed by atoms with E-state index in [4.69, 9.17) is 16.2 Å². The van der Waals surface area contributed by atoms with Crippen molar-refractivity contribution in [1.82, 2.24) is 0 Å². The van der Waals surface area contributed by atoms with Crippen LogP contribution >= 0.6 is 0 Å². The van der Waals surface area contributed by atoms with Crippen LogP contribution in [0.15, 0.2) is 49.1 Å². The van der Waals surface area contributed by atoms with Crippen LogP contribution in [0.2, 0.25) is 0 Å². The van der Waals surface area contributed by atoms with Crippen molar-refractivity contribution in [2.75, 3.05) is 12.8 Å². The number of hydrogen-bond donors (Lipinski definition) is 2. The first-order chi connectivity index (χ1) is 10.1. The molecule has 0 amide bonds. The molecule has 0 fully saturated rings. The Morgan fingerprint density at radius 2 is 1.90 bits per heavy atom. The van der Waals surface area contributed by atoms with Crippen LogP contribution in [-0.4, -0.2) is 7.11 Å². The second kappa shape index (κ2) is 8.00. The largest absolute Gasteiger partial charge is 0.497 e. The van der Waals surface area contributed by atoms with Crippen LogP contribution in [0.25, 0.3) is 16.5 Å². The highest BCUT2D eigenvalue weighted by molar-refractivity contribution is 5.96. The van der Waals surface area contributed by atoms with Crippen molar-refractivity contribution in [3.05, 3.63) is 54.6 Å². The number of allylic oxidation sites excluding steroid dienone is 2. The van der Waals surface area contributed by atoms with E-state index in [0.717, 1.165) is 22.1 Å². The highest BCUT2D eigenvalue weighted by Gasteiger charge is 2.04. The molecule has 0 saturated carbocycles. The number of rotatable bonds is 3. The van der Waals surface area contributed by atoms with Crippen molar-refractivity contribution in [2.24, 2.45) is 5.73 Å². The first kappa shape index (κ1) is 16.6. The first-order valence-electron chi connectivity index (χ1n) is 7.03. The molecular formula is C18H24N2O. The highest BCUT2D eigenvalue weighted by atomic mass is 16.5. The van der Waals surface area contributed by atoms with Gasteiger partial charge in [0.25, 0.3) is 0 Å². The zero-order chi connectivity index (χ0) is 15.8. The summed E-state index contributed by atoms with van der Waals surface area (Å²) in [6, 6.07) is 9.65. The van der Waals surface area contributed by atoms with Crippen LogP contribution in [0.3, 0.4) is 0 Å². The van der Waals surface area contributed by atoms with E-state index in [9.17, 15) is 0 Å².